The Morgan fingerprint density at radius 1 is 1.47 bits per heavy atom. The smallest absolute Gasteiger partial charge is 0.106 e. The standard InChI is InChI=1S/C13H18N4/c1-9-16-12-5-11(3-4-13(12)17(9)2)15-8-10-6-14-7-10/h3-5,10,14-15H,6-8H2,1-2H3. The molecular formula is C13H18N4. The molecule has 2 N–H and O–H groups in total. The van der Waals surface area contributed by atoms with E-state index in [2.05, 4.69) is 45.4 Å². The Hall–Kier alpha value is -1.55. The average Bonchev–Trinajstić information content (AvgIpc) is 2.52. The Morgan fingerprint density at radius 3 is 3.00 bits per heavy atom. The first kappa shape index (κ1) is 10.6. The second kappa shape index (κ2) is 4.04. The van der Waals surface area contributed by atoms with Crippen LogP contribution in [0, 0.1) is 12.8 Å². The molecule has 1 aliphatic heterocycles. The summed E-state index contributed by atoms with van der Waals surface area (Å²) in [5.74, 6) is 1.83. The van der Waals surface area contributed by atoms with Crippen LogP contribution >= 0.6 is 0 Å². The van der Waals surface area contributed by atoms with Crippen molar-refractivity contribution >= 4 is 16.7 Å². The van der Waals surface area contributed by atoms with Gasteiger partial charge in [-0.25, -0.2) is 4.98 Å². The van der Waals surface area contributed by atoms with Crippen LogP contribution in [0.4, 0.5) is 5.69 Å². The Bertz CT molecular complexity index is 540. The second-order valence-corrected chi connectivity index (χ2v) is 4.83. The molecule has 0 aliphatic carbocycles. The normalized spacial score (nSPS) is 16.1. The Kier molecular flexibility index (Phi) is 2.52. The van der Waals surface area contributed by atoms with Gasteiger partial charge in [-0.2, -0.15) is 0 Å². The molecule has 3 rings (SSSR count). The van der Waals surface area contributed by atoms with E-state index >= 15 is 0 Å². The summed E-state index contributed by atoms with van der Waals surface area (Å²) in [5, 5.41) is 6.76. The predicted molar refractivity (Wildman–Crippen MR) is 70.3 cm³/mol. The number of fused-ring (bicyclic) bond motifs is 1. The molecule has 0 spiro atoms. The van der Waals surface area contributed by atoms with Crippen molar-refractivity contribution in [3.8, 4) is 0 Å². The molecule has 0 unspecified atom stereocenters. The van der Waals surface area contributed by atoms with E-state index in [9.17, 15) is 0 Å². The van der Waals surface area contributed by atoms with Gasteiger partial charge in [0.25, 0.3) is 0 Å². The molecule has 17 heavy (non-hydrogen) atoms. The van der Waals surface area contributed by atoms with Gasteiger partial charge in [-0.3, -0.25) is 0 Å². The van der Waals surface area contributed by atoms with Crippen molar-refractivity contribution in [1.29, 1.82) is 0 Å². The van der Waals surface area contributed by atoms with Gasteiger partial charge in [0.05, 0.1) is 11.0 Å². The van der Waals surface area contributed by atoms with Crippen molar-refractivity contribution in [2.24, 2.45) is 13.0 Å². The van der Waals surface area contributed by atoms with Crippen LogP contribution in [0.1, 0.15) is 5.82 Å². The SMILES string of the molecule is Cc1nc2cc(NCC3CNC3)ccc2n1C. The number of anilines is 1. The first-order valence-corrected chi connectivity index (χ1v) is 6.12. The summed E-state index contributed by atoms with van der Waals surface area (Å²) in [6, 6.07) is 6.40. The second-order valence-electron chi connectivity index (χ2n) is 4.83. The number of nitrogens with one attached hydrogen (secondary N) is 2. The molecule has 1 aliphatic rings. The van der Waals surface area contributed by atoms with Crippen LogP contribution in [-0.4, -0.2) is 29.2 Å². The van der Waals surface area contributed by atoms with Gasteiger partial charge in [0.15, 0.2) is 0 Å². The van der Waals surface area contributed by atoms with E-state index in [1.165, 1.54) is 11.2 Å². The number of hydrogen-bond acceptors (Lipinski definition) is 3. The number of imidazole rings is 1. The van der Waals surface area contributed by atoms with Gasteiger partial charge in [0, 0.05) is 38.3 Å². The van der Waals surface area contributed by atoms with Gasteiger partial charge in [-0.1, -0.05) is 0 Å². The highest BCUT2D eigenvalue weighted by Gasteiger charge is 2.15. The lowest BCUT2D eigenvalue weighted by molar-refractivity contribution is 0.365. The van der Waals surface area contributed by atoms with Crippen molar-refractivity contribution in [2.45, 2.75) is 6.92 Å². The molecule has 0 radical (unpaired) electrons. The monoisotopic (exact) mass is 230 g/mol. The van der Waals surface area contributed by atoms with E-state index in [1.807, 2.05) is 6.92 Å². The summed E-state index contributed by atoms with van der Waals surface area (Å²) in [5.41, 5.74) is 3.43. The summed E-state index contributed by atoms with van der Waals surface area (Å²) in [6.07, 6.45) is 0. The van der Waals surface area contributed by atoms with Gasteiger partial charge >= 0.3 is 0 Å². The lowest BCUT2D eigenvalue weighted by atomic mass is 10.0. The molecule has 2 heterocycles. The van der Waals surface area contributed by atoms with E-state index in [4.69, 9.17) is 0 Å². The summed E-state index contributed by atoms with van der Waals surface area (Å²) in [4.78, 5) is 4.55. The van der Waals surface area contributed by atoms with Crippen LogP contribution < -0.4 is 10.6 Å². The number of hydrogen-bond donors (Lipinski definition) is 2. The first-order chi connectivity index (χ1) is 8.24. The Morgan fingerprint density at radius 2 is 2.29 bits per heavy atom. The summed E-state index contributed by atoms with van der Waals surface area (Å²) in [6.45, 7) is 5.35. The van der Waals surface area contributed by atoms with Crippen LogP contribution in [-0.2, 0) is 7.05 Å². The minimum absolute atomic E-state index is 0.774. The Labute approximate surface area is 101 Å². The summed E-state index contributed by atoms with van der Waals surface area (Å²) >= 11 is 0. The molecule has 1 fully saturated rings. The van der Waals surface area contributed by atoms with Gasteiger partial charge in [0.1, 0.15) is 5.82 Å². The zero-order valence-electron chi connectivity index (χ0n) is 10.3. The maximum absolute atomic E-state index is 4.55. The fourth-order valence-corrected chi connectivity index (χ4v) is 2.19. The predicted octanol–water partition coefficient (Wildman–Crippen LogP) is 1.51. The maximum atomic E-state index is 4.55. The van der Waals surface area contributed by atoms with Crippen molar-refractivity contribution in [3.05, 3.63) is 24.0 Å². The number of benzene rings is 1. The molecule has 1 saturated heterocycles. The van der Waals surface area contributed by atoms with Gasteiger partial charge < -0.3 is 15.2 Å². The van der Waals surface area contributed by atoms with E-state index < -0.39 is 0 Å². The highest BCUT2D eigenvalue weighted by atomic mass is 15.1. The quantitative estimate of drug-likeness (QED) is 0.840. The molecular weight excluding hydrogens is 212 g/mol. The van der Waals surface area contributed by atoms with Crippen LogP contribution in [0.15, 0.2) is 18.2 Å². The zero-order valence-corrected chi connectivity index (χ0v) is 10.3. The fraction of sp³-hybridized carbons (Fsp3) is 0.462. The lowest BCUT2D eigenvalue weighted by Crippen LogP contribution is -2.45. The first-order valence-electron chi connectivity index (χ1n) is 6.12. The zero-order chi connectivity index (χ0) is 11.8. The largest absolute Gasteiger partial charge is 0.385 e. The highest BCUT2D eigenvalue weighted by Crippen LogP contribution is 2.19. The molecule has 0 atom stereocenters. The van der Waals surface area contributed by atoms with Gasteiger partial charge in [-0.15, -0.1) is 0 Å². The summed E-state index contributed by atoms with van der Waals surface area (Å²) in [7, 11) is 2.05. The number of aryl methyl sites for hydroxylation is 2. The molecule has 90 valence electrons. The third-order valence-corrected chi connectivity index (χ3v) is 3.57. The van der Waals surface area contributed by atoms with E-state index in [-0.39, 0.29) is 0 Å². The molecule has 4 heteroatoms. The number of rotatable bonds is 3. The fourth-order valence-electron chi connectivity index (χ4n) is 2.19. The third kappa shape index (κ3) is 1.89. The topological polar surface area (TPSA) is 41.9 Å². The third-order valence-electron chi connectivity index (χ3n) is 3.57. The Balaban J connectivity index is 1.80. The summed E-state index contributed by atoms with van der Waals surface area (Å²) < 4.78 is 2.12. The number of nitrogens with zero attached hydrogens (tertiary/aromatic N) is 2. The van der Waals surface area contributed by atoms with Gasteiger partial charge in [-0.05, 0) is 25.1 Å². The maximum Gasteiger partial charge on any atom is 0.106 e. The van der Waals surface area contributed by atoms with Crippen molar-refractivity contribution < 1.29 is 0 Å². The molecule has 2 aromatic rings. The minimum atomic E-state index is 0.774. The van der Waals surface area contributed by atoms with E-state index in [0.717, 1.165) is 36.9 Å². The lowest BCUT2D eigenvalue weighted by Gasteiger charge is -2.27. The average molecular weight is 230 g/mol. The molecule has 0 bridgehead atoms. The van der Waals surface area contributed by atoms with Crippen LogP contribution in [0.25, 0.3) is 11.0 Å². The van der Waals surface area contributed by atoms with Crippen molar-refractivity contribution in [1.82, 2.24) is 14.9 Å². The van der Waals surface area contributed by atoms with Crippen LogP contribution in [0.5, 0.6) is 0 Å². The molecule has 0 saturated carbocycles. The van der Waals surface area contributed by atoms with Crippen LogP contribution in [0.2, 0.25) is 0 Å². The minimum Gasteiger partial charge on any atom is -0.385 e. The van der Waals surface area contributed by atoms with E-state index in [1.54, 1.807) is 0 Å². The number of aromatic nitrogens is 2. The van der Waals surface area contributed by atoms with E-state index in [0.29, 0.717) is 0 Å². The van der Waals surface area contributed by atoms with Gasteiger partial charge in [0.2, 0.25) is 0 Å². The van der Waals surface area contributed by atoms with Crippen molar-refractivity contribution in [3.63, 3.8) is 0 Å². The molecule has 0 amide bonds. The van der Waals surface area contributed by atoms with Crippen molar-refractivity contribution in [2.75, 3.05) is 25.0 Å². The molecule has 1 aromatic carbocycles. The molecule has 4 nitrogen and oxygen atoms in total. The van der Waals surface area contributed by atoms with Crippen LogP contribution in [0.3, 0.4) is 0 Å². The highest BCUT2D eigenvalue weighted by molar-refractivity contribution is 5.80. The molecule has 1 aromatic heterocycles.